The summed E-state index contributed by atoms with van der Waals surface area (Å²) in [5.41, 5.74) is 1.24. The normalized spacial score (nSPS) is 22.0. The molecule has 0 aromatic heterocycles. The number of nitro groups is 1. The van der Waals surface area contributed by atoms with Gasteiger partial charge in [-0.3, -0.25) is 14.9 Å². The van der Waals surface area contributed by atoms with Crippen LogP contribution in [-0.2, 0) is 0 Å². The van der Waals surface area contributed by atoms with Crippen molar-refractivity contribution in [2.45, 2.75) is 58.4 Å². The molecule has 27 heavy (non-hydrogen) atoms. The molecule has 6 heteroatoms. The first-order chi connectivity index (χ1) is 13.0. The number of benzene rings is 1. The van der Waals surface area contributed by atoms with Gasteiger partial charge in [0.1, 0.15) is 0 Å². The van der Waals surface area contributed by atoms with Crippen molar-refractivity contribution in [3.8, 4) is 0 Å². The second-order valence-corrected chi connectivity index (χ2v) is 8.16. The Bertz CT molecular complexity index is 683. The second-order valence-electron chi connectivity index (χ2n) is 8.16. The number of aryl methyl sites for hydroxylation is 1. The molecule has 2 aliphatic heterocycles. The maximum Gasteiger partial charge on any atom is 0.270 e. The fourth-order valence-corrected chi connectivity index (χ4v) is 4.39. The SMILES string of the molecule is Cc1ccc([N+](=O)[O-])cc1C(=O)N1CCC(CCN2CCCC[C@H]2C)CC1. The van der Waals surface area contributed by atoms with Crippen molar-refractivity contribution in [3.63, 3.8) is 0 Å². The van der Waals surface area contributed by atoms with E-state index in [0.29, 0.717) is 17.5 Å². The van der Waals surface area contributed by atoms with Crippen LogP contribution in [-0.4, -0.2) is 52.9 Å². The van der Waals surface area contributed by atoms with E-state index >= 15 is 0 Å². The Kier molecular flexibility index (Phi) is 6.47. The molecule has 1 aromatic rings. The summed E-state index contributed by atoms with van der Waals surface area (Å²) in [7, 11) is 0. The van der Waals surface area contributed by atoms with Crippen LogP contribution < -0.4 is 0 Å². The van der Waals surface area contributed by atoms with Gasteiger partial charge in [-0.05, 0) is 70.5 Å². The highest BCUT2D eigenvalue weighted by molar-refractivity contribution is 5.96. The van der Waals surface area contributed by atoms with E-state index in [9.17, 15) is 14.9 Å². The van der Waals surface area contributed by atoms with Gasteiger partial charge in [-0.25, -0.2) is 0 Å². The zero-order chi connectivity index (χ0) is 19.4. The second kappa shape index (κ2) is 8.83. The van der Waals surface area contributed by atoms with Crippen LogP contribution in [0.5, 0.6) is 0 Å². The summed E-state index contributed by atoms with van der Waals surface area (Å²) in [4.78, 5) is 27.9. The minimum Gasteiger partial charge on any atom is -0.339 e. The molecule has 0 bridgehead atoms. The Morgan fingerprint density at radius 1 is 1.19 bits per heavy atom. The monoisotopic (exact) mass is 373 g/mol. The average Bonchev–Trinajstić information content (AvgIpc) is 2.67. The fraction of sp³-hybridized carbons (Fsp3) is 0.667. The number of nitro benzene ring substituents is 1. The quantitative estimate of drug-likeness (QED) is 0.577. The third-order valence-electron chi connectivity index (χ3n) is 6.33. The molecule has 0 N–H and O–H groups in total. The topological polar surface area (TPSA) is 66.7 Å². The number of non-ortho nitro benzene ring substituents is 1. The van der Waals surface area contributed by atoms with E-state index in [1.54, 1.807) is 6.07 Å². The Hall–Kier alpha value is -1.95. The molecule has 1 aromatic carbocycles. The van der Waals surface area contributed by atoms with Gasteiger partial charge in [0.15, 0.2) is 0 Å². The molecule has 0 spiro atoms. The van der Waals surface area contributed by atoms with Gasteiger partial charge in [-0.15, -0.1) is 0 Å². The van der Waals surface area contributed by atoms with Crippen LogP contribution in [0.15, 0.2) is 18.2 Å². The molecule has 0 radical (unpaired) electrons. The lowest BCUT2D eigenvalue weighted by Gasteiger charge is -2.36. The van der Waals surface area contributed by atoms with E-state index in [1.807, 2.05) is 11.8 Å². The van der Waals surface area contributed by atoms with Crippen LogP contribution in [0.1, 0.15) is 61.4 Å². The molecule has 3 rings (SSSR count). The Balaban J connectivity index is 1.52. The summed E-state index contributed by atoms with van der Waals surface area (Å²) >= 11 is 0. The minimum atomic E-state index is -0.440. The van der Waals surface area contributed by atoms with Crippen LogP contribution in [0, 0.1) is 23.0 Å². The highest BCUT2D eigenvalue weighted by Gasteiger charge is 2.26. The standard InChI is InChI=1S/C21H31N3O3/c1-16-6-7-19(24(26)27)15-20(16)21(25)23-13-9-18(10-14-23)8-12-22-11-4-3-5-17(22)2/h6-7,15,17-18H,3-5,8-14H2,1-2H3/t17-/m1/s1. The van der Waals surface area contributed by atoms with Gasteiger partial charge in [0.05, 0.1) is 4.92 Å². The smallest absolute Gasteiger partial charge is 0.270 e. The van der Waals surface area contributed by atoms with Crippen LogP contribution in [0.3, 0.4) is 0 Å². The summed E-state index contributed by atoms with van der Waals surface area (Å²) in [5, 5.41) is 11.0. The largest absolute Gasteiger partial charge is 0.339 e. The number of rotatable bonds is 5. The molecule has 0 aliphatic carbocycles. The first-order valence-corrected chi connectivity index (χ1v) is 10.2. The highest BCUT2D eigenvalue weighted by Crippen LogP contribution is 2.26. The number of hydrogen-bond donors (Lipinski definition) is 0. The molecule has 6 nitrogen and oxygen atoms in total. The molecular weight excluding hydrogens is 342 g/mol. The van der Waals surface area contributed by atoms with Crippen molar-refractivity contribution in [2.75, 3.05) is 26.2 Å². The Labute approximate surface area is 161 Å². The van der Waals surface area contributed by atoms with Crippen molar-refractivity contribution in [3.05, 3.63) is 39.4 Å². The zero-order valence-electron chi connectivity index (χ0n) is 16.5. The van der Waals surface area contributed by atoms with E-state index in [4.69, 9.17) is 0 Å². The minimum absolute atomic E-state index is 0.0190. The summed E-state index contributed by atoms with van der Waals surface area (Å²) < 4.78 is 0. The number of likely N-dealkylation sites (tertiary alicyclic amines) is 2. The average molecular weight is 373 g/mol. The molecule has 0 unspecified atom stereocenters. The number of nitrogens with zero attached hydrogens (tertiary/aromatic N) is 3. The fourth-order valence-electron chi connectivity index (χ4n) is 4.39. The van der Waals surface area contributed by atoms with Gasteiger partial charge in [0.2, 0.25) is 0 Å². The van der Waals surface area contributed by atoms with Crippen molar-refractivity contribution in [2.24, 2.45) is 5.92 Å². The lowest BCUT2D eigenvalue weighted by Crippen LogP contribution is -2.41. The Morgan fingerprint density at radius 2 is 1.93 bits per heavy atom. The molecule has 2 fully saturated rings. The van der Waals surface area contributed by atoms with Gasteiger partial charge in [-0.1, -0.05) is 12.5 Å². The highest BCUT2D eigenvalue weighted by atomic mass is 16.6. The molecular formula is C21H31N3O3. The Morgan fingerprint density at radius 3 is 2.59 bits per heavy atom. The molecule has 1 atom stereocenters. The van der Waals surface area contributed by atoms with Crippen LogP contribution >= 0.6 is 0 Å². The number of hydrogen-bond acceptors (Lipinski definition) is 4. The maximum atomic E-state index is 12.8. The van der Waals surface area contributed by atoms with E-state index in [0.717, 1.165) is 31.5 Å². The van der Waals surface area contributed by atoms with Crippen molar-refractivity contribution in [1.29, 1.82) is 0 Å². The molecule has 148 valence electrons. The van der Waals surface area contributed by atoms with Crippen molar-refractivity contribution < 1.29 is 9.72 Å². The van der Waals surface area contributed by atoms with E-state index < -0.39 is 4.92 Å². The first-order valence-electron chi connectivity index (χ1n) is 10.2. The van der Waals surface area contributed by atoms with Crippen molar-refractivity contribution in [1.82, 2.24) is 9.80 Å². The van der Waals surface area contributed by atoms with Crippen LogP contribution in [0.4, 0.5) is 5.69 Å². The lowest BCUT2D eigenvalue weighted by molar-refractivity contribution is -0.384. The molecule has 2 heterocycles. The van der Waals surface area contributed by atoms with Gasteiger partial charge >= 0.3 is 0 Å². The maximum absolute atomic E-state index is 12.8. The molecule has 2 saturated heterocycles. The third-order valence-corrected chi connectivity index (χ3v) is 6.33. The van der Waals surface area contributed by atoms with Gasteiger partial charge in [0.25, 0.3) is 11.6 Å². The van der Waals surface area contributed by atoms with Crippen molar-refractivity contribution >= 4 is 11.6 Å². The third kappa shape index (κ3) is 4.86. The summed E-state index contributed by atoms with van der Waals surface area (Å²) in [6.45, 7) is 8.07. The van der Waals surface area contributed by atoms with Gasteiger partial charge in [-0.2, -0.15) is 0 Å². The lowest BCUT2D eigenvalue weighted by atomic mass is 9.92. The molecule has 1 amide bonds. The van der Waals surface area contributed by atoms with Crippen LogP contribution in [0.2, 0.25) is 0 Å². The molecule has 0 saturated carbocycles. The number of amides is 1. The first kappa shape index (κ1) is 19.8. The number of carbonyl (C=O) groups excluding carboxylic acids is 1. The van der Waals surface area contributed by atoms with E-state index in [-0.39, 0.29) is 11.6 Å². The predicted molar refractivity (Wildman–Crippen MR) is 106 cm³/mol. The summed E-state index contributed by atoms with van der Waals surface area (Å²) in [5.74, 6) is 0.605. The summed E-state index contributed by atoms with van der Waals surface area (Å²) in [6, 6.07) is 5.25. The number of piperidine rings is 2. The van der Waals surface area contributed by atoms with E-state index in [2.05, 4.69) is 11.8 Å². The summed E-state index contributed by atoms with van der Waals surface area (Å²) in [6.07, 6.45) is 7.26. The van der Waals surface area contributed by atoms with Gasteiger partial charge < -0.3 is 9.80 Å². The number of carbonyl (C=O) groups is 1. The zero-order valence-corrected chi connectivity index (χ0v) is 16.5. The van der Waals surface area contributed by atoms with E-state index in [1.165, 1.54) is 50.9 Å². The predicted octanol–water partition coefficient (Wildman–Crippen LogP) is 4.02. The van der Waals surface area contributed by atoms with Crippen LogP contribution in [0.25, 0.3) is 0 Å². The molecule has 2 aliphatic rings. The van der Waals surface area contributed by atoms with Gasteiger partial charge in [0, 0.05) is 36.8 Å².